The number of benzene rings is 3. The lowest BCUT2D eigenvalue weighted by Gasteiger charge is -2.34. The Morgan fingerprint density at radius 3 is 2.20 bits per heavy atom. The van der Waals surface area contributed by atoms with E-state index in [1.807, 2.05) is 20.8 Å². The third-order valence-electron chi connectivity index (χ3n) is 6.74. The molecule has 0 aliphatic heterocycles. The van der Waals surface area contributed by atoms with E-state index in [1.54, 1.807) is 61.5 Å². The van der Waals surface area contributed by atoms with E-state index in [-0.39, 0.29) is 29.1 Å². The lowest BCUT2D eigenvalue weighted by Crippen LogP contribution is -2.53. The number of hydrogen-bond donors (Lipinski definition) is 1. The predicted molar refractivity (Wildman–Crippen MR) is 161 cm³/mol. The second-order valence-electron chi connectivity index (χ2n) is 9.61. The van der Waals surface area contributed by atoms with Crippen LogP contribution < -0.4 is 9.62 Å². The molecule has 3 aromatic carbocycles. The summed E-state index contributed by atoms with van der Waals surface area (Å²) in [6.07, 6.45) is 1.04. The first-order chi connectivity index (χ1) is 19.0. The van der Waals surface area contributed by atoms with E-state index in [4.69, 9.17) is 23.2 Å². The summed E-state index contributed by atoms with van der Waals surface area (Å²) in [7, 11) is -4.18. The monoisotopic (exact) mass is 603 g/mol. The van der Waals surface area contributed by atoms with Gasteiger partial charge in [0.1, 0.15) is 12.6 Å². The number of halogens is 2. The van der Waals surface area contributed by atoms with Crippen molar-refractivity contribution in [3.05, 3.63) is 94.0 Å². The number of nitrogens with zero attached hydrogens (tertiary/aromatic N) is 2. The molecule has 2 amide bonds. The first-order valence-corrected chi connectivity index (χ1v) is 15.4. The molecule has 10 heteroatoms. The van der Waals surface area contributed by atoms with Crippen LogP contribution >= 0.6 is 23.2 Å². The number of hydrogen-bond acceptors (Lipinski definition) is 4. The van der Waals surface area contributed by atoms with Crippen molar-refractivity contribution in [2.75, 3.05) is 10.8 Å². The molecule has 1 N–H and O–H groups in total. The second kappa shape index (κ2) is 14.0. The van der Waals surface area contributed by atoms with E-state index in [9.17, 15) is 18.0 Å². The minimum atomic E-state index is -4.18. The summed E-state index contributed by atoms with van der Waals surface area (Å²) in [6, 6.07) is 18.9. The third kappa shape index (κ3) is 7.56. The van der Waals surface area contributed by atoms with Crippen LogP contribution in [-0.4, -0.2) is 43.8 Å². The molecule has 0 saturated carbocycles. The van der Waals surface area contributed by atoms with Crippen molar-refractivity contribution in [1.29, 1.82) is 0 Å². The van der Waals surface area contributed by atoms with Gasteiger partial charge < -0.3 is 10.2 Å². The molecule has 3 aromatic rings. The number of sulfonamides is 1. The molecule has 214 valence electrons. The molecule has 7 nitrogen and oxygen atoms in total. The number of rotatable bonds is 12. The second-order valence-corrected chi connectivity index (χ2v) is 12.3. The average Bonchev–Trinajstić information content (AvgIpc) is 2.94. The highest BCUT2D eigenvalue weighted by molar-refractivity contribution is 7.92. The van der Waals surface area contributed by atoms with Crippen molar-refractivity contribution < 1.29 is 18.0 Å². The topological polar surface area (TPSA) is 86.8 Å². The summed E-state index contributed by atoms with van der Waals surface area (Å²) >= 11 is 12.7. The molecule has 0 heterocycles. The van der Waals surface area contributed by atoms with E-state index in [0.717, 1.165) is 10.7 Å². The third-order valence-corrected chi connectivity index (χ3v) is 9.11. The van der Waals surface area contributed by atoms with Gasteiger partial charge in [-0.3, -0.25) is 13.9 Å². The van der Waals surface area contributed by atoms with Crippen LogP contribution in [0, 0.1) is 6.92 Å². The van der Waals surface area contributed by atoms with Gasteiger partial charge in [0, 0.05) is 22.6 Å². The molecule has 0 aromatic heterocycles. The van der Waals surface area contributed by atoms with E-state index in [2.05, 4.69) is 5.32 Å². The Bertz CT molecular complexity index is 1430. The molecule has 2 unspecified atom stereocenters. The Morgan fingerprint density at radius 1 is 0.925 bits per heavy atom. The maximum Gasteiger partial charge on any atom is 0.264 e. The van der Waals surface area contributed by atoms with Crippen molar-refractivity contribution in [3.63, 3.8) is 0 Å². The van der Waals surface area contributed by atoms with Crippen LogP contribution in [0.4, 0.5) is 5.69 Å². The molecule has 0 bridgehead atoms. The summed E-state index contributed by atoms with van der Waals surface area (Å²) < 4.78 is 28.9. The van der Waals surface area contributed by atoms with Gasteiger partial charge in [0.15, 0.2) is 0 Å². The first-order valence-electron chi connectivity index (χ1n) is 13.2. The zero-order chi connectivity index (χ0) is 29.4. The lowest BCUT2D eigenvalue weighted by atomic mass is 10.1. The minimum absolute atomic E-state index is 0.0265. The van der Waals surface area contributed by atoms with Crippen LogP contribution in [0.15, 0.2) is 77.7 Å². The van der Waals surface area contributed by atoms with Crippen LogP contribution in [0.3, 0.4) is 0 Å². The predicted octanol–water partition coefficient (Wildman–Crippen LogP) is 6.22. The summed E-state index contributed by atoms with van der Waals surface area (Å²) in [4.78, 5) is 28.9. The van der Waals surface area contributed by atoms with Gasteiger partial charge in [0.05, 0.1) is 10.6 Å². The highest BCUT2D eigenvalue weighted by Gasteiger charge is 2.34. The Morgan fingerprint density at radius 2 is 1.57 bits per heavy atom. The van der Waals surface area contributed by atoms with E-state index < -0.39 is 28.5 Å². The largest absolute Gasteiger partial charge is 0.352 e. The summed E-state index contributed by atoms with van der Waals surface area (Å²) in [5.41, 5.74) is 1.54. The quantitative estimate of drug-likeness (QED) is 0.266. The van der Waals surface area contributed by atoms with Crippen LogP contribution in [0.5, 0.6) is 0 Å². The van der Waals surface area contributed by atoms with Crippen molar-refractivity contribution in [1.82, 2.24) is 10.2 Å². The zero-order valence-corrected chi connectivity index (χ0v) is 25.4. The Balaban J connectivity index is 2.10. The zero-order valence-electron chi connectivity index (χ0n) is 23.1. The molecular weight excluding hydrogens is 569 g/mol. The molecule has 0 radical (unpaired) electrons. The highest BCUT2D eigenvalue weighted by atomic mass is 35.5. The van der Waals surface area contributed by atoms with E-state index in [0.29, 0.717) is 27.6 Å². The molecule has 0 aliphatic rings. The molecule has 40 heavy (non-hydrogen) atoms. The Kier molecular flexibility index (Phi) is 11.0. The van der Waals surface area contributed by atoms with Gasteiger partial charge in [-0.05, 0) is 68.1 Å². The minimum Gasteiger partial charge on any atom is -0.352 e. The number of carbonyl (C=O) groups excluding carboxylic acids is 2. The van der Waals surface area contributed by atoms with Gasteiger partial charge in [0.25, 0.3) is 10.0 Å². The molecule has 0 fully saturated rings. The highest BCUT2D eigenvalue weighted by Crippen LogP contribution is 2.30. The molecule has 0 aliphatic carbocycles. The van der Waals surface area contributed by atoms with E-state index in [1.165, 1.54) is 23.1 Å². The summed E-state index contributed by atoms with van der Waals surface area (Å²) in [6.45, 7) is 6.89. The SMILES string of the molecule is CCC(C)NC(=O)C(CC)N(Cc1ccccc1Cl)C(=O)CN(c1cc(Cl)ccc1C)S(=O)(=O)c1ccccc1. The van der Waals surface area contributed by atoms with Crippen LogP contribution in [0.1, 0.15) is 44.7 Å². The van der Waals surface area contributed by atoms with E-state index >= 15 is 0 Å². The Labute approximate surface area is 247 Å². The average molecular weight is 605 g/mol. The van der Waals surface area contributed by atoms with Gasteiger partial charge >= 0.3 is 0 Å². The van der Waals surface area contributed by atoms with Gasteiger partial charge in [-0.15, -0.1) is 0 Å². The molecule has 0 spiro atoms. The maximum atomic E-state index is 14.1. The van der Waals surface area contributed by atoms with Crippen molar-refractivity contribution in [2.24, 2.45) is 0 Å². The number of aryl methyl sites for hydroxylation is 1. The smallest absolute Gasteiger partial charge is 0.264 e. The van der Waals surface area contributed by atoms with Gasteiger partial charge in [0.2, 0.25) is 11.8 Å². The first kappa shape index (κ1) is 31.5. The number of amides is 2. The fourth-order valence-electron chi connectivity index (χ4n) is 4.25. The van der Waals surface area contributed by atoms with Crippen LogP contribution in [0.2, 0.25) is 10.0 Å². The lowest BCUT2D eigenvalue weighted by molar-refractivity contribution is -0.140. The fourth-order valence-corrected chi connectivity index (χ4v) is 6.11. The van der Waals surface area contributed by atoms with Gasteiger partial charge in [-0.1, -0.05) is 79.5 Å². The Hall–Kier alpha value is -3.07. The summed E-state index contributed by atoms with van der Waals surface area (Å²) in [5, 5.41) is 3.73. The molecular formula is C30H35Cl2N3O4S. The normalized spacial score (nSPS) is 12.8. The van der Waals surface area contributed by atoms with Crippen LogP contribution in [-0.2, 0) is 26.2 Å². The molecule has 2 atom stereocenters. The molecule has 0 saturated heterocycles. The van der Waals surface area contributed by atoms with Crippen LogP contribution in [0.25, 0.3) is 0 Å². The molecule has 3 rings (SSSR count). The number of carbonyl (C=O) groups is 2. The fraction of sp³-hybridized carbons (Fsp3) is 0.333. The van der Waals surface area contributed by atoms with Gasteiger partial charge in [-0.2, -0.15) is 0 Å². The summed E-state index contributed by atoms with van der Waals surface area (Å²) in [5.74, 6) is -0.862. The number of anilines is 1. The van der Waals surface area contributed by atoms with Crippen molar-refractivity contribution >= 4 is 50.7 Å². The standard InChI is InChI=1S/C30H35Cl2N3O4S/c1-5-22(4)33-30(37)27(6-2)34(19-23-12-10-11-15-26(23)32)29(36)20-35(28-18-24(31)17-16-21(28)3)40(38,39)25-13-8-7-9-14-25/h7-18,22,27H,5-6,19-20H2,1-4H3,(H,33,37). The van der Waals surface area contributed by atoms with Crippen molar-refractivity contribution in [2.45, 2.75) is 64.1 Å². The maximum absolute atomic E-state index is 14.1. The number of nitrogens with one attached hydrogen (secondary N) is 1. The van der Waals surface area contributed by atoms with Gasteiger partial charge in [-0.25, -0.2) is 8.42 Å². The van der Waals surface area contributed by atoms with Crippen molar-refractivity contribution in [3.8, 4) is 0 Å².